The first-order chi connectivity index (χ1) is 10.6. The van der Waals surface area contributed by atoms with Crippen LogP contribution in [-0.2, 0) is 16.0 Å². The number of morpholine rings is 1. The molecule has 1 saturated heterocycles. The van der Waals surface area contributed by atoms with E-state index in [1.165, 1.54) is 37.0 Å². The Morgan fingerprint density at radius 3 is 2.73 bits per heavy atom. The molecule has 0 bridgehead atoms. The number of nitrogens with zero attached hydrogens (tertiary/aromatic N) is 1. The van der Waals surface area contributed by atoms with Gasteiger partial charge in [-0.05, 0) is 32.0 Å². The molecular formula is C16H24N2O2S2. The Morgan fingerprint density at radius 2 is 2.09 bits per heavy atom. The lowest BCUT2D eigenvalue weighted by atomic mass is 9.92. The zero-order valence-corrected chi connectivity index (χ0v) is 14.8. The third-order valence-electron chi connectivity index (χ3n) is 4.85. The van der Waals surface area contributed by atoms with E-state index in [-0.39, 0.29) is 11.5 Å². The van der Waals surface area contributed by atoms with Gasteiger partial charge >= 0.3 is 0 Å². The van der Waals surface area contributed by atoms with Gasteiger partial charge < -0.3 is 14.6 Å². The van der Waals surface area contributed by atoms with E-state index in [1.807, 2.05) is 11.8 Å². The van der Waals surface area contributed by atoms with Crippen molar-refractivity contribution in [2.24, 2.45) is 0 Å². The third kappa shape index (κ3) is 3.60. The van der Waals surface area contributed by atoms with E-state index < -0.39 is 0 Å². The van der Waals surface area contributed by atoms with Crippen molar-refractivity contribution in [3.8, 4) is 0 Å². The highest BCUT2D eigenvalue weighted by Crippen LogP contribution is 2.33. The van der Waals surface area contributed by atoms with Gasteiger partial charge in [0.05, 0.1) is 18.6 Å². The number of aromatic nitrogens is 1. The average molecular weight is 341 g/mol. The lowest BCUT2D eigenvalue weighted by molar-refractivity contribution is -0.152. The van der Waals surface area contributed by atoms with E-state index in [0.29, 0.717) is 13.0 Å². The molecule has 1 amide bonds. The quantitative estimate of drug-likeness (QED) is 0.837. The molecule has 3 rings (SSSR count). The Morgan fingerprint density at radius 1 is 1.36 bits per heavy atom. The van der Waals surface area contributed by atoms with Crippen LogP contribution in [0, 0.1) is 10.9 Å². The molecule has 0 aromatic carbocycles. The van der Waals surface area contributed by atoms with Crippen molar-refractivity contribution >= 4 is 29.5 Å². The number of rotatable bonds is 2. The molecule has 6 heteroatoms. The standard InChI is InChI=1S/C16H24N2O2S2/c1-12-13(22-15(21)17-12)10-14(19)18-8-9-20-16(11-18)6-4-2-3-5-7-16/h2-11H2,1H3,(H,17,21). The molecule has 0 unspecified atom stereocenters. The van der Waals surface area contributed by atoms with Crippen LogP contribution >= 0.6 is 23.6 Å². The Bertz CT molecular complexity index is 585. The minimum absolute atomic E-state index is 0.0792. The molecule has 1 spiro atoms. The van der Waals surface area contributed by atoms with Crippen LogP contribution in [0.2, 0.25) is 0 Å². The molecule has 1 aromatic heterocycles. The third-order valence-corrected chi connectivity index (χ3v) is 6.19. The highest BCUT2D eigenvalue weighted by molar-refractivity contribution is 7.73. The Kier molecular flexibility index (Phi) is 5.00. The molecule has 1 aromatic rings. The van der Waals surface area contributed by atoms with Gasteiger partial charge in [-0.15, -0.1) is 11.3 Å². The fourth-order valence-corrected chi connectivity index (χ4v) is 4.87. The van der Waals surface area contributed by atoms with Gasteiger partial charge in [-0.3, -0.25) is 4.79 Å². The Labute approximate surface area is 140 Å². The summed E-state index contributed by atoms with van der Waals surface area (Å²) in [5.74, 6) is 0.209. The molecule has 0 atom stereocenters. The SMILES string of the molecule is Cc1[nH]c(=S)sc1CC(=O)N1CCOC2(CCCCCC2)C1. The number of hydrogen-bond acceptors (Lipinski definition) is 4. The number of aromatic amines is 1. The summed E-state index contributed by atoms with van der Waals surface area (Å²) in [6.45, 7) is 4.14. The van der Waals surface area contributed by atoms with Crippen LogP contribution in [0.15, 0.2) is 0 Å². The maximum absolute atomic E-state index is 12.7. The summed E-state index contributed by atoms with van der Waals surface area (Å²) >= 11 is 6.68. The highest BCUT2D eigenvalue weighted by Gasteiger charge is 2.38. The van der Waals surface area contributed by atoms with Crippen LogP contribution < -0.4 is 0 Å². The van der Waals surface area contributed by atoms with Crippen molar-refractivity contribution in [2.45, 2.75) is 57.5 Å². The minimum atomic E-state index is -0.0792. The molecule has 1 aliphatic heterocycles. The lowest BCUT2D eigenvalue weighted by Crippen LogP contribution is -2.53. The molecule has 22 heavy (non-hydrogen) atoms. The van der Waals surface area contributed by atoms with Crippen molar-refractivity contribution in [1.29, 1.82) is 0 Å². The Hall–Kier alpha value is -0.720. The Balaban J connectivity index is 1.67. The highest BCUT2D eigenvalue weighted by atomic mass is 32.1. The monoisotopic (exact) mass is 340 g/mol. The zero-order valence-electron chi connectivity index (χ0n) is 13.2. The number of hydrogen-bond donors (Lipinski definition) is 1. The van der Waals surface area contributed by atoms with E-state index in [2.05, 4.69) is 4.98 Å². The summed E-state index contributed by atoms with van der Waals surface area (Å²) in [7, 11) is 0. The van der Waals surface area contributed by atoms with Crippen LogP contribution in [0.5, 0.6) is 0 Å². The van der Waals surface area contributed by atoms with Crippen molar-refractivity contribution in [3.05, 3.63) is 14.5 Å². The number of carbonyl (C=O) groups excluding carboxylic acids is 1. The molecule has 4 nitrogen and oxygen atoms in total. The number of H-pyrrole nitrogens is 1. The van der Waals surface area contributed by atoms with Crippen molar-refractivity contribution in [3.63, 3.8) is 0 Å². The molecule has 1 aliphatic carbocycles. The van der Waals surface area contributed by atoms with E-state index >= 15 is 0 Å². The van der Waals surface area contributed by atoms with Gasteiger partial charge in [0.1, 0.15) is 0 Å². The van der Waals surface area contributed by atoms with Crippen LogP contribution in [0.1, 0.15) is 49.1 Å². The van der Waals surface area contributed by atoms with Gasteiger partial charge in [-0.1, -0.05) is 25.7 Å². The fourth-order valence-electron chi connectivity index (χ4n) is 3.59. The lowest BCUT2D eigenvalue weighted by Gasteiger charge is -2.42. The number of nitrogens with one attached hydrogen (secondary N) is 1. The van der Waals surface area contributed by atoms with Gasteiger partial charge in [0.2, 0.25) is 5.91 Å². The molecular weight excluding hydrogens is 316 g/mol. The normalized spacial score (nSPS) is 21.8. The molecule has 122 valence electrons. The molecule has 2 fully saturated rings. The molecule has 1 N–H and O–H groups in total. The number of carbonyl (C=O) groups is 1. The number of amides is 1. The summed E-state index contributed by atoms with van der Waals surface area (Å²) in [4.78, 5) is 18.9. The zero-order chi connectivity index (χ0) is 15.6. The fraction of sp³-hybridized carbons (Fsp3) is 0.750. The minimum Gasteiger partial charge on any atom is -0.371 e. The second-order valence-corrected chi connectivity index (χ2v) is 8.27. The van der Waals surface area contributed by atoms with Gasteiger partial charge in [0.15, 0.2) is 3.95 Å². The maximum atomic E-state index is 12.7. The molecule has 0 radical (unpaired) electrons. The molecule has 1 saturated carbocycles. The van der Waals surface area contributed by atoms with Gasteiger partial charge in [-0.25, -0.2) is 0 Å². The number of ether oxygens (including phenoxy) is 1. The molecule has 2 aliphatic rings. The summed E-state index contributed by atoms with van der Waals surface area (Å²) in [6, 6.07) is 0. The second-order valence-electron chi connectivity index (χ2n) is 6.50. The van der Waals surface area contributed by atoms with Gasteiger partial charge in [0, 0.05) is 23.7 Å². The van der Waals surface area contributed by atoms with Crippen molar-refractivity contribution in [1.82, 2.24) is 9.88 Å². The van der Waals surface area contributed by atoms with Crippen LogP contribution in [0.4, 0.5) is 0 Å². The average Bonchev–Trinajstić information content (AvgIpc) is 2.68. The topological polar surface area (TPSA) is 45.3 Å². The van der Waals surface area contributed by atoms with Gasteiger partial charge in [0.25, 0.3) is 0 Å². The maximum Gasteiger partial charge on any atom is 0.228 e. The van der Waals surface area contributed by atoms with Crippen molar-refractivity contribution in [2.75, 3.05) is 19.7 Å². The van der Waals surface area contributed by atoms with E-state index in [4.69, 9.17) is 17.0 Å². The molecule has 2 heterocycles. The van der Waals surface area contributed by atoms with E-state index in [1.54, 1.807) is 0 Å². The number of thiazole rings is 1. The first-order valence-electron chi connectivity index (χ1n) is 8.18. The smallest absolute Gasteiger partial charge is 0.228 e. The largest absolute Gasteiger partial charge is 0.371 e. The summed E-state index contributed by atoms with van der Waals surface area (Å²) in [6.07, 6.45) is 7.69. The first kappa shape index (κ1) is 16.1. The summed E-state index contributed by atoms with van der Waals surface area (Å²) in [5.41, 5.74) is 0.949. The van der Waals surface area contributed by atoms with Crippen LogP contribution in [-0.4, -0.2) is 41.1 Å². The predicted octanol–water partition coefficient (Wildman–Crippen LogP) is 3.61. The summed E-state index contributed by atoms with van der Waals surface area (Å²) in [5, 5.41) is 0. The predicted molar refractivity (Wildman–Crippen MR) is 90.9 cm³/mol. The van der Waals surface area contributed by atoms with E-state index in [0.717, 1.165) is 40.5 Å². The van der Waals surface area contributed by atoms with Crippen LogP contribution in [0.3, 0.4) is 0 Å². The van der Waals surface area contributed by atoms with Crippen molar-refractivity contribution < 1.29 is 9.53 Å². The summed E-state index contributed by atoms with van der Waals surface area (Å²) < 4.78 is 6.88. The van der Waals surface area contributed by atoms with Gasteiger partial charge in [-0.2, -0.15) is 0 Å². The van der Waals surface area contributed by atoms with E-state index in [9.17, 15) is 4.79 Å². The second kappa shape index (κ2) is 6.81. The first-order valence-corrected chi connectivity index (χ1v) is 9.41. The van der Waals surface area contributed by atoms with Crippen LogP contribution in [0.25, 0.3) is 0 Å². The number of aryl methyl sites for hydroxylation is 1.